The van der Waals surface area contributed by atoms with Crippen LogP contribution in [0.2, 0.25) is 0 Å². The molecule has 5 aliphatic rings. The van der Waals surface area contributed by atoms with Crippen LogP contribution in [0.4, 0.5) is 11.4 Å². The summed E-state index contributed by atoms with van der Waals surface area (Å²) >= 11 is 3.50. The fourth-order valence-corrected chi connectivity index (χ4v) is 10.3. The minimum absolute atomic E-state index is 0.299. The molecule has 13 rings (SSSR count). The highest BCUT2D eigenvalue weighted by Crippen LogP contribution is 2.63. The highest BCUT2D eigenvalue weighted by atomic mass is 32.2. The highest BCUT2D eigenvalue weighted by molar-refractivity contribution is 8.00. The second kappa shape index (κ2) is 6.00. The number of ether oxygens (including phenoxy) is 1. The lowest BCUT2D eigenvalue weighted by Crippen LogP contribution is -2.86. The molecule has 8 nitrogen and oxygen atoms in total. The predicted octanol–water partition coefficient (Wildman–Crippen LogP) is 6.47. The summed E-state index contributed by atoms with van der Waals surface area (Å²) in [6.45, 7) is 0. The van der Waals surface area contributed by atoms with E-state index in [1.165, 1.54) is 42.4 Å². The number of hydrogen-bond acceptors (Lipinski definition) is 5. The molecule has 0 saturated carbocycles. The van der Waals surface area contributed by atoms with Crippen LogP contribution in [-0.2, 0) is 0 Å². The minimum atomic E-state index is 0.299. The zero-order chi connectivity index (χ0) is 26.6. The standard InChI is InChI=1S/C32H14N7OS2/c1-5-15-17-7-3-11-35-31(17)37-23(15)21(9-1)41-29-25(37)27-19(13-33-29)40-20-14-34-30-26-28(20)39(27,35)36-12-4-8-18-16-6-2-10-22(42-30)24(16)38(26)32(18)36/h1-14H/q+3. The van der Waals surface area contributed by atoms with E-state index in [0.29, 0.717) is 4.70 Å². The van der Waals surface area contributed by atoms with Crippen molar-refractivity contribution in [2.45, 2.75) is 19.8 Å². The molecule has 10 heteroatoms. The van der Waals surface area contributed by atoms with Crippen LogP contribution in [0, 0.1) is 0 Å². The molecule has 0 unspecified atom stereocenters. The number of benzene rings is 2. The van der Waals surface area contributed by atoms with Gasteiger partial charge in [0.2, 0.25) is 22.9 Å². The van der Waals surface area contributed by atoms with Crippen molar-refractivity contribution in [2.75, 3.05) is 0 Å². The number of aromatic nitrogens is 6. The Morgan fingerprint density at radius 2 is 1.12 bits per heavy atom. The van der Waals surface area contributed by atoms with E-state index in [2.05, 4.69) is 91.5 Å². The number of nitrogens with zero attached hydrogens (tertiary/aromatic N) is 7. The molecule has 0 N–H and O–H groups in total. The molecule has 0 radical (unpaired) electrons. The molecule has 0 fully saturated rings. The molecule has 0 bridgehead atoms. The van der Waals surface area contributed by atoms with Crippen LogP contribution in [0.5, 0.6) is 11.5 Å². The molecular weight excluding hydrogens is 563 g/mol. The fraction of sp³-hybridized carbons (Fsp3) is 0. The van der Waals surface area contributed by atoms with Gasteiger partial charge < -0.3 is 4.74 Å². The van der Waals surface area contributed by atoms with Gasteiger partial charge in [0, 0.05) is 10.8 Å². The van der Waals surface area contributed by atoms with Crippen molar-refractivity contribution in [1.29, 1.82) is 0 Å². The van der Waals surface area contributed by atoms with E-state index in [-0.39, 0.29) is 0 Å². The van der Waals surface area contributed by atoms with Gasteiger partial charge in [0.25, 0.3) is 0 Å². The van der Waals surface area contributed by atoms with Crippen LogP contribution >= 0.6 is 23.5 Å². The van der Waals surface area contributed by atoms with E-state index in [0.717, 1.165) is 55.6 Å². The number of pyridine rings is 4. The highest BCUT2D eigenvalue weighted by Gasteiger charge is 2.68. The van der Waals surface area contributed by atoms with Crippen molar-refractivity contribution in [1.82, 2.24) is 23.8 Å². The normalized spacial score (nSPS) is 16.3. The van der Waals surface area contributed by atoms with Crippen LogP contribution in [0.15, 0.2) is 105 Å². The summed E-state index contributed by atoms with van der Waals surface area (Å²) in [5, 5.41) is 6.92. The lowest BCUT2D eigenvalue weighted by Gasteiger charge is -2.39. The lowest BCUT2D eigenvalue weighted by molar-refractivity contribution is -1.02. The van der Waals surface area contributed by atoms with Crippen molar-refractivity contribution in [3.8, 4) is 22.9 Å². The largest absolute Gasteiger partial charge is 0.440 e. The number of fused-ring (bicyclic) bond motifs is 2. The van der Waals surface area contributed by atoms with Crippen LogP contribution in [0.1, 0.15) is 0 Å². The maximum atomic E-state index is 6.80. The monoisotopic (exact) mass is 576 g/mol. The quantitative estimate of drug-likeness (QED) is 0.153. The molecule has 0 aliphatic carbocycles. The van der Waals surface area contributed by atoms with Crippen LogP contribution in [0.3, 0.4) is 0 Å². The van der Waals surface area contributed by atoms with Gasteiger partial charge in [0.1, 0.15) is 0 Å². The van der Waals surface area contributed by atoms with E-state index in [1.54, 1.807) is 23.5 Å². The zero-order valence-electron chi connectivity index (χ0n) is 21.4. The van der Waals surface area contributed by atoms with Crippen LogP contribution in [0.25, 0.3) is 55.2 Å². The van der Waals surface area contributed by atoms with E-state index in [1.807, 2.05) is 12.4 Å². The summed E-state index contributed by atoms with van der Waals surface area (Å²) < 4.78 is 16.8. The van der Waals surface area contributed by atoms with Gasteiger partial charge in [-0.2, -0.15) is 9.13 Å². The van der Waals surface area contributed by atoms with Gasteiger partial charge >= 0.3 is 22.7 Å². The third kappa shape index (κ3) is 1.74. The Bertz CT molecular complexity index is 2560. The summed E-state index contributed by atoms with van der Waals surface area (Å²) in [7, 11) is 0. The van der Waals surface area contributed by atoms with Gasteiger partial charge in [0.15, 0.2) is 33.5 Å². The molecule has 192 valence electrons. The Balaban J connectivity index is 1.41. The topological polar surface area (TPSA) is 52.6 Å². The van der Waals surface area contributed by atoms with Crippen molar-refractivity contribution in [3.05, 3.63) is 85.5 Å². The summed E-state index contributed by atoms with van der Waals surface area (Å²) in [6, 6.07) is 22.1. The summed E-state index contributed by atoms with van der Waals surface area (Å²) in [5.41, 5.74) is 9.07. The van der Waals surface area contributed by atoms with Crippen LogP contribution in [-0.4, -0.2) is 19.1 Å². The second-order valence-electron chi connectivity index (χ2n) is 11.3. The first-order chi connectivity index (χ1) is 20.8. The van der Waals surface area contributed by atoms with Crippen molar-refractivity contribution < 1.29 is 14.1 Å². The third-order valence-electron chi connectivity index (χ3n) is 9.59. The number of rotatable bonds is 0. The van der Waals surface area contributed by atoms with E-state index < -0.39 is 0 Å². The molecule has 8 aromatic rings. The van der Waals surface area contributed by atoms with Gasteiger partial charge in [0.05, 0.1) is 37.7 Å². The summed E-state index contributed by atoms with van der Waals surface area (Å²) in [6.07, 6.45) is 8.27. The third-order valence-corrected chi connectivity index (χ3v) is 11.7. The molecule has 0 amide bonds. The number of hydrogen-bond donors (Lipinski definition) is 0. The molecule has 6 aromatic heterocycles. The SMILES string of the molecule is c1cc2c3c(c1)c1ccc[n+]4c1n3-c1c(ncc3c1[N+]41c4c(cnc5c4-n4c6c(cccc6c6ccc[n+]1c64)S5)O3)S2. The van der Waals surface area contributed by atoms with E-state index >= 15 is 0 Å². The average Bonchev–Trinajstić information content (AvgIpc) is 3.56. The fourth-order valence-electron chi connectivity index (χ4n) is 8.26. The molecule has 0 saturated heterocycles. The Hall–Kier alpha value is -4.90. The van der Waals surface area contributed by atoms with Gasteiger partial charge in [-0.15, -0.1) is 0 Å². The maximum absolute atomic E-state index is 6.80. The smallest absolute Gasteiger partial charge is 0.350 e. The maximum Gasteiger partial charge on any atom is 0.350 e. The average molecular weight is 577 g/mol. The van der Waals surface area contributed by atoms with Crippen molar-refractivity contribution >= 4 is 78.8 Å². The zero-order valence-corrected chi connectivity index (χ0v) is 23.1. The van der Waals surface area contributed by atoms with Crippen molar-refractivity contribution in [3.63, 3.8) is 0 Å². The molecule has 11 heterocycles. The van der Waals surface area contributed by atoms with E-state index in [4.69, 9.17) is 14.7 Å². The molecule has 5 aliphatic heterocycles. The van der Waals surface area contributed by atoms with Gasteiger partial charge in [-0.25, -0.2) is 9.97 Å². The first-order valence-corrected chi connectivity index (χ1v) is 15.4. The Morgan fingerprint density at radius 3 is 1.64 bits per heavy atom. The molecule has 1 spiro atoms. The van der Waals surface area contributed by atoms with Crippen LogP contribution < -0.4 is 18.8 Å². The first-order valence-electron chi connectivity index (χ1n) is 13.8. The summed E-state index contributed by atoms with van der Waals surface area (Å²) in [5.74, 6) is 1.50. The van der Waals surface area contributed by atoms with Crippen molar-refractivity contribution in [2.24, 2.45) is 0 Å². The van der Waals surface area contributed by atoms with Gasteiger partial charge in [-0.05, 0) is 57.9 Å². The van der Waals surface area contributed by atoms with Gasteiger partial charge in [-0.1, -0.05) is 35.7 Å². The molecule has 0 atom stereocenters. The Labute approximate surface area is 244 Å². The Kier molecular flexibility index (Phi) is 2.86. The second-order valence-corrected chi connectivity index (χ2v) is 13.4. The summed E-state index contributed by atoms with van der Waals surface area (Å²) in [4.78, 5) is 12.5. The molecule has 2 aromatic carbocycles. The number of quaternary nitrogens is 1. The molecular formula is C32H14N7OS2+3. The van der Waals surface area contributed by atoms with E-state index in [9.17, 15) is 0 Å². The molecule has 42 heavy (non-hydrogen) atoms. The predicted molar refractivity (Wildman–Crippen MR) is 158 cm³/mol. The minimum Gasteiger partial charge on any atom is -0.440 e. The Morgan fingerprint density at radius 1 is 0.619 bits per heavy atom. The first kappa shape index (κ1) is 20.1. The van der Waals surface area contributed by atoms with Gasteiger partial charge in [-0.3, -0.25) is 0 Å². The number of para-hydroxylation sites is 2. The lowest BCUT2D eigenvalue weighted by atomic mass is 10.1.